The van der Waals surface area contributed by atoms with E-state index in [1.807, 2.05) is 24.3 Å². The summed E-state index contributed by atoms with van der Waals surface area (Å²) in [6.45, 7) is 10.4. The fourth-order valence-corrected chi connectivity index (χ4v) is 4.78. The van der Waals surface area contributed by atoms with Crippen LogP contribution in [0.3, 0.4) is 0 Å². The van der Waals surface area contributed by atoms with Crippen molar-refractivity contribution < 1.29 is 4.79 Å². The zero-order valence-corrected chi connectivity index (χ0v) is 17.4. The molecule has 2 atom stereocenters. The number of fused-ring (bicyclic) bond motifs is 1. The Morgan fingerprint density at radius 3 is 2.37 bits per heavy atom. The predicted octanol–water partition coefficient (Wildman–Crippen LogP) is 5.23. The van der Waals surface area contributed by atoms with Gasteiger partial charge >= 0.3 is 0 Å². The van der Waals surface area contributed by atoms with Crippen LogP contribution in [0.5, 0.6) is 0 Å². The molecule has 140 valence electrons. The van der Waals surface area contributed by atoms with Crippen LogP contribution >= 0.6 is 11.3 Å². The van der Waals surface area contributed by atoms with Crippen molar-refractivity contribution in [1.29, 1.82) is 0 Å². The molecule has 0 aliphatic heterocycles. The highest BCUT2D eigenvalue weighted by atomic mass is 32.1. The molecule has 0 unspecified atom stereocenters. The lowest BCUT2D eigenvalue weighted by molar-refractivity contribution is -0.131. The minimum Gasteiger partial charge on any atom is -0.348 e. The molecule has 3 aromatic rings. The molecular weight excluding hydrogens is 352 g/mol. The molecule has 0 aliphatic carbocycles. The van der Waals surface area contributed by atoms with Gasteiger partial charge in [0.25, 0.3) is 0 Å². The van der Waals surface area contributed by atoms with Crippen molar-refractivity contribution in [2.24, 2.45) is 0 Å². The summed E-state index contributed by atoms with van der Waals surface area (Å²) >= 11 is 1.59. The van der Waals surface area contributed by atoms with E-state index in [0.29, 0.717) is 0 Å². The van der Waals surface area contributed by atoms with Crippen molar-refractivity contribution >= 4 is 27.5 Å². The molecule has 0 bridgehead atoms. The Morgan fingerprint density at radius 2 is 1.81 bits per heavy atom. The van der Waals surface area contributed by atoms with Crippen LogP contribution in [0.2, 0.25) is 0 Å². The molecule has 0 spiro atoms. The number of thiazole rings is 1. The first kappa shape index (κ1) is 19.3. The maximum atomic E-state index is 13.3. The molecule has 2 aromatic carbocycles. The quantitative estimate of drug-likeness (QED) is 0.570. The second-order valence-electron chi connectivity index (χ2n) is 7.55. The van der Waals surface area contributed by atoms with Crippen LogP contribution in [0.25, 0.3) is 10.2 Å². The number of hydrogen-bond acceptors (Lipinski definition) is 3. The molecule has 3 rings (SSSR count). The third kappa shape index (κ3) is 3.54. The molecule has 0 aliphatic rings. The minimum absolute atomic E-state index is 0.0376. The van der Waals surface area contributed by atoms with E-state index in [0.717, 1.165) is 20.8 Å². The van der Waals surface area contributed by atoms with Crippen molar-refractivity contribution in [3.05, 3.63) is 76.8 Å². The van der Waals surface area contributed by atoms with Gasteiger partial charge in [0.2, 0.25) is 5.91 Å². The lowest BCUT2D eigenvalue weighted by Crippen LogP contribution is -2.40. The van der Waals surface area contributed by atoms with E-state index < -0.39 is 11.3 Å². The van der Waals surface area contributed by atoms with Crippen LogP contribution in [0.15, 0.2) is 55.1 Å². The van der Waals surface area contributed by atoms with Gasteiger partial charge in [-0.25, -0.2) is 4.98 Å². The fraction of sp³-hybridized carbons (Fsp3) is 0.304. The first-order valence-corrected chi connectivity index (χ1v) is 9.87. The predicted molar refractivity (Wildman–Crippen MR) is 115 cm³/mol. The first-order chi connectivity index (χ1) is 12.8. The van der Waals surface area contributed by atoms with Gasteiger partial charge < -0.3 is 4.90 Å². The Kier molecular flexibility index (Phi) is 5.20. The summed E-state index contributed by atoms with van der Waals surface area (Å²) in [4.78, 5) is 19.8. The lowest BCUT2D eigenvalue weighted by atomic mass is 9.70. The number of carbonyl (C=O) groups excluding carboxylic acids is 1. The Labute approximate surface area is 165 Å². The normalized spacial score (nSPS) is 14.6. The average Bonchev–Trinajstić information content (AvgIpc) is 3.03. The Balaban J connectivity index is 2.24. The number of allylic oxidation sites excluding steroid dienone is 1. The third-order valence-electron chi connectivity index (χ3n) is 5.11. The van der Waals surface area contributed by atoms with E-state index in [2.05, 4.69) is 51.6 Å². The smallest absolute Gasteiger partial charge is 0.233 e. The second kappa shape index (κ2) is 7.28. The van der Waals surface area contributed by atoms with Crippen LogP contribution in [0.4, 0.5) is 0 Å². The van der Waals surface area contributed by atoms with Gasteiger partial charge in [-0.3, -0.25) is 4.79 Å². The summed E-state index contributed by atoms with van der Waals surface area (Å²) in [5.41, 5.74) is 3.82. The van der Waals surface area contributed by atoms with Gasteiger partial charge in [-0.1, -0.05) is 54.5 Å². The van der Waals surface area contributed by atoms with Crippen LogP contribution in [-0.2, 0) is 10.2 Å². The number of hydrogen-bond donors (Lipinski definition) is 0. The number of aromatic nitrogens is 1. The summed E-state index contributed by atoms with van der Waals surface area (Å²) in [6, 6.07) is 14.5. The SMILES string of the molecule is C=C[C@@](C)(c1cc(C)cc(C)c1)[C@@H](C(=O)N(C)C)c1nc2ccccc2s1. The van der Waals surface area contributed by atoms with Crippen LogP contribution < -0.4 is 0 Å². The van der Waals surface area contributed by atoms with E-state index in [1.54, 1.807) is 30.3 Å². The van der Waals surface area contributed by atoms with Gasteiger partial charge in [-0.05, 0) is 31.5 Å². The summed E-state index contributed by atoms with van der Waals surface area (Å²) in [6.07, 6.45) is 1.90. The molecule has 3 nitrogen and oxygen atoms in total. The van der Waals surface area contributed by atoms with Crippen molar-refractivity contribution in [2.75, 3.05) is 14.1 Å². The molecule has 1 amide bonds. The van der Waals surface area contributed by atoms with Gasteiger partial charge in [-0.15, -0.1) is 17.9 Å². The van der Waals surface area contributed by atoms with Crippen molar-refractivity contribution in [1.82, 2.24) is 9.88 Å². The van der Waals surface area contributed by atoms with Gasteiger partial charge in [0, 0.05) is 19.5 Å². The average molecular weight is 379 g/mol. The number of para-hydroxylation sites is 1. The molecule has 0 fully saturated rings. The van der Waals surface area contributed by atoms with E-state index in [9.17, 15) is 4.79 Å². The van der Waals surface area contributed by atoms with Crippen LogP contribution in [0, 0.1) is 13.8 Å². The van der Waals surface area contributed by atoms with Crippen LogP contribution in [-0.4, -0.2) is 29.9 Å². The monoisotopic (exact) mass is 378 g/mol. The van der Waals surface area contributed by atoms with Crippen molar-refractivity contribution in [2.45, 2.75) is 32.1 Å². The van der Waals surface area contributed by atoms with Gasteiger partial charge in [0.05, 0.1) is 10.2 Å². The lowest BCUT2D eigenvalue weighted by Gasteiger charge is -2.35. The molecule has 1 aromatic heterocycles. The number of nitrogens with zero attached hydrogens (tertiary/aromatic N) is 2. The van der Waals surface area contributed by atoms with Crippen molar-refractivity contribution in [3.8, 4) is 0 Å². The summed E-state index contributed by atoms with van der Waals surface area (Å²) in [5, 5.41) is 0.830. The van der Waals surface area contributed by atoms with E-state index in [-0.39, 0.29) is 5.91 Å². The topological polar surface area (TPSA) is 33.2 Å². The van der Waals surface area contributed by atoms with Crippen LogP contribution in [0.1, 0.15) is 34.5 Å². The summed E-state index contributed by atoms with van der Waals surface area (Å²) in [5.74, 6) is -0.390. The maximum absolute atomic E-state index is 13.3. The highest BCUT2D eigenvalue weighted by Crippen LogP contribution is 2.44. The second-order valence-corrected chi connectivity index (χ2v) is 8.61. The van der Waals surface area contributed by atoms with Crippen molar-refractivity contribution in [3.63, 3.8) is 0 Å². The number of rotatable bonds is 5. The largest absolute Gasteiger partial charge is 0.348 e. The van der Waals surface area contributed by atoms with E-state index >= 15 is 0 Å². The van der Waals surface area contributed by atoms with E-state index in [1.165, 1.54) is 11.1 Å². The Morgan fingerprint density at radius 1 is 1.19 bits per heavy atom. The zero-order valence-electron chi connectivity index (χ0n) is 16.6. The van der Waals surface area contributed by atoms with Gasteiger partial charge in [-0.2, -0.15) is 0 Å². The minimum atomic E-state index is -0.563. The molecule has 1 heterocycles. The standard InChI is InChI=1S/C23H26N2OS/c1-7-23(4,17-13-15(2)12-16(3)14-17)20(22(26)25(5)6)21-24-18-10-8-9-11-19(18)27-21/h7-14,20H,1H2,2-6H3/t20-,23+/m1/s1. The summed E-state index contributed by atoms with van der Waals surface area (Å²) < 4.78 is 1.09. The highest BCUT2D eigenvalue weighted by molar-refractivity contribution is 7.18. The molecular formula is C23H26N2OS. The van der Waals surface area contributed by atoms with E-state index in [4.69, 9.17) is 4.98 Å². The fourth-order valence-electron chi connectivity index (χ4n) is 3.58. The Bertz CT molecular complexity index is 951. The molecule has 4 heteroatoms. The molecule has 0 radical (unpaired) electrons. The van der Waals surface area contributed by atoms with Gasteiger partial charge in [0.1, 0.15) is 10.9 Å². The highest BCUT2D eigenvalue weighted by Gasteiger charge is 2.42. The number of aryl methyl sites for hydroxylation is 2. The molecule has 27 heavy (non-hydrogen) atoms. The number of carbonyl (C=O) groups is 1. The molecule has 0 saturated carbocycles. The summed E-state index contributed by atoms with van der Waals surface area (Å²) in [7, 11) is 3.60. The third-order valence-corrected chi connectivity index (χ3v) is 6.21. The number of likely N-dealkylation sites (N-methyl/N-ethyl adjacent to an activating group) is 1. The Hall–Kier alpha value is -2.46. The molecule has 0 saturated heterocycles. The molecule has 0 N–H and O–H groups in total. The maximum Gasteiger partial charge on any atom is 0.233 e. The van der Waals surface area contributed by atoms with Gasteiger partial charge in [0.15, 0.2) is 0 Å². The number of benzene rings is 2. The first-order valence-electron chi connectivity index (χ1n) is 9.05. The number of amides is 1. The zero-order chi connectivity index (χ0) is 19.8.